The number of fused-ring (bicyclic) bond motifs is 1. The Morgan fingerprint density at radius 3 is 2.42 bits per heavy atom. The van der Waals surface area contributed by atoms with Gasteiger partial charge < -0.3 is 14.8 Å². The van der Waals surface area contributed by atoms with Crippen LogP contribution in [0, 0.1) is 5.92 Å². The van der Waals surface area contributed by atoms with Crippen LogP contribution in [-0.4, -0.2) is 47.7 Å². The second-order valence-corrected chi connectivity index (χ2v) is 11.0. The van der Waals surface area contributed by atoms with E-state index >= 15 is 0 Å². The predicted molar refractivity (Wildman–Crippen MR) is 148 cm³/mol. The van der Waals surface area contributed by atoms with E-state index in [1.807, 2.05) is 12.1 Å². The summed E-state index contributed by atoms with van der Waals surface area (Å²) in [6.07, 6.45) is 6.51. The Kier molecular flexibility index (Phi) is 8.50. The first-order valence-electron chi connectivity index (χ1n) is 13.6. The van der Waals surface area contributed by atoms with Crippen molar-refractivity contribution in [2.45, 2.75) is 71.5 Å². The normalized spacial score (nSPS) is 15.5. The van der Waals surface area contributed by atoms with Crippen LogP contribution in [0.15, 0.2) is 48.5 Å². The van der Waals surface area contributed by atoms with Gasteiger partial charge in [0.1, 0.15) is 5.67 Å². The van der Waals surface area contributed by atoms with E-state index in [0.717, 1.165) is 45.3 Å². The number of piperidine rings is 1. The van der Waals surface area contributed by atoms with Crippen LogP contribution >= 0.6 is 0 Å². The number of nitrogens with one attached hydrogen (secondary N) is 1. The number of likely N-dealkylation sites (tertiary alicyclic amines) is 1. The molecule has 36 heavy (non-hydrogen) atoms. The fourth-order valence-electron chi connectivity index (χ4n) is 5.70. The number of para-hydroxylation sites is 1. The first kappa shape index (κ1) is 26.4. The summed E-state index contributed by atoms with van der Waals surface area (Å²) in [5.41, 5.74) is 4.99. The third-order valence-electron chi connectivity index (χ3n) is 7.53. The van der Waals surface area contributed by atoms with Crippen molar-refractivity contribution in [1.29, 1.82) is 0 Å². The maximum absolute atomic E-state index is 14.2. The molecule has 0 atom stereocenters. The average Bonchev–Trinajstić information content (AvgIpc) is 3.15. The number of benzene rings is 2. The lowest BCUT2D eigenvalue weighted by atomic mass is 9.95. The quantitative estimate of drug-likeness (QED) is 0.357. The fourth-order valence-corrected chi connectivity index (χ4v) is 5.70. The molecule has 0 spiro atoms. The molecule has 0 aliphatic carbocycles. The Morgan fingerprint density at radius 2 is 1.78 bits per heavy atom. The lowest BCUT2D eigenvalue weighted by molar-refractivity contribution is 0.0926. The zero-order valence-electron chi connectivity index (χ0n) is 22.4. The van der Waals surface area contributed by atoms with Crippen molar-refractivity contribution in [1.82, 2.24) is 14.8 Å². The molecule has 1 amide bonds. The van der Waals surface area contributed by atoms with Crippen molar-refractivity contribution in [3.8, 4) is 0 Å². The first-order chi connectivity index (χ1) is 17.3. The second-order valence-electron chi connectivity index (χ2n) is 11.0. The number of rotatable bonds is 10. The summed E-state index contributed by atoms with van der Waals surface area (Å²) in [5, 5.41) is 4.04. The monoisotopic (exact) mass is 491 g/mol. The van der Waals surface area contributed by atoms with Crippen molar-refractivity contribution < 1.29 is 9.18 Å². The van der Waals surface area contributed by atoms with E-state index in [1.54, 1.807) is 20.9 Å². The molecule has 0 bridgehead atoms. The standard InChI is InChI=1S/C31H42FN3O/c1-5-6-10-29-27(20-23-12-14-25(15-13-23)30(36)33-4)26-9-7-8-11-28(26)35(29)21-24-16-18-34(19-17-24)22-31(2,3)32/h7-9,11-15,24H,5-6,10,16-22H2,1-4H3,(H,33,36). The Morgan fingerprint density at radius 1 is 1.08 bits per heavy atom. The van der Waals surface area contributed by atoms with Crippen LogP contribution in [-0.2, 0) is 19.4 Å². The van der Waals surface area contributed by atoms with Gasteiger partial charge in [0.25, 0.3) is 5.91 Å². The number of nitrogens with zero attached hydrogens (tertiary/aromatic N) is 2. The highest BCUT2D eigenvalue weighted by molar-refractivity contribution is 5.94. The third-order valence-corrected chi connectivity index (χ3v) is 7.53. The molecule has 3 aromatic rings. The summed E-state index contributed by atoms with van der Waals surface area (Å²) < 4.78 is 16.8. The lowest BCUT2D eigenvalue weighted by Gasteiger charge is -2.35. The maximum atomic E-state index is 14.2. The van der Waals surface area contributed by atoms with Gasteiger partial charge in [-0.05, 0) is 94.3 Å². The Hall–Kier alpha value is -2.66. The molecule has 1 aliphatic rings. The minimum Gasteiger partial charge on any atom is -0.355 e. The highest BCUT2D eigenvalue weighted by atomic mass is 19.1. The predicted octanol–water partition coefficient (Wildman–Crippen LogP) is 6.39. The first-order valence-corrected chi connectivity index (χ1v) is 13.6. The number of hydrogen-bond acceptors (Lipinski definition) is 2. The van der Waals surface area contributed by atoms with Crippen molar-refractivity contribution >= 4 is 16.8 Å². The summed E-state index contributed by atoms with van der Waals surface area (Å²) >= 11 is 0. The van der Waals surface area contributed by atoms with Gasteiger partial charge in [0.05, 0.1) is 0 Å². The van der Waals surface area contributed by atoms with E-state index in [4.69, 9.17) is 0 Å². The number of hydrogen-bond donors (Lipinski definition) is 1. The summed E-state index contributed by atoms with van der Waals surface area (Å²) in [7, 11) is 1.66. The highest BCUT2D eigenvalue weighted by Gasteiger charge is 2.27. The highest BCUT2D eigenvalue weighted by Crippen LogP contribution is 2.32. The van der Waals surface area contributed by atoms with E-state index in [2.05, 4.69) is 58.1 Å². The van der Waals surface area contributed by atoms with Gasteiger partial charge in [-0.3, -0.25) is 4.79 Å². The molecule has 0 radical (unpaired) electrons. The molecule has 1 N–H and O–H groups in total. The number of aromatic nitrogens is 1. The zero-order chi connectivity index (χ0) is 25.7. The van der Waals surface area contributed by atoms with Crippen LogP contribution in [0.25, 0.3) is 10.9 Å². The van der Waals surface area contributed by atoms with Crippen LogP contribution in [0.3, 0.4) is 0 Å². The van der Waals surface area contributed by atoms with Crippen LogP contribution in [0.5, 0.6) is 0 Å². The van der Waals surface area contributed by atoms with Gasteiger partial charge >= 0.3 is 0 Å². The van der Waals surface area contributed by atoms with Gasteiger partial charge in [-0.25, -0.2) is 4.39 Å². The summed E-state index contributed by atoms with van der Waals surface area (Å²) in [5.74, 6) is 0.558. The van der Waals surface area contributed by atoms with E-state index in [0.29, 0.717) is 18.0 Å². The molecule has 1 fully saturated rings. The topological polar surface area (TPSA) is 37.3 Å². The summed E-state index contributed by atoms with van der Waals surface area (Å²) in [6.45, 7) is 9.13. The maximum Gasteiger partial charge on any atom is 0.251 e. The number of carbonyl (C=O) groups is 1. The molecule has 2 heterocycles. The molecule has 4 nitrogen and oxygen atoms in total. The fraction of sp³-hybridized carbons (Fsp3) is 0.516. The van der Waals surface area contributed by atoms with Crippen LogP contribution in [0.1, 0.15) is 73.6 Å². The average molecular weight is 492 g/mol. The molecule has 1 aliphatic heterocycles. The van der Waals surface area contributed by atoms with Gasteiger partial charge in [0.15, 0.2) is 0 Å². The molecular formula is C31H42FN3O. The molecule has 1 saturated heterocycles. The summed E-state index contributed by atoms with van der Waals surface area (Å²) in [4.78, 5) is 14.3. The van der Waals surface area contributed by atoms with E-state index in [9.17, 15) is 9.18 Å². The Labute approximate surface area is 215 Å². The van der Waals surface area contributed by atoms with Gasteiger partial charge in [-0.15, -0.1) is 0 Å². The third kappa shape index (κ3) is 6.36. The van der Waals surface area contributed by atoms with E-state index in [1.165, 1.54) is 40.6 Å². The number of unbranched alkanes of at least 4 members (excludes halogenated alkanes) is 1. The van der Waals surface area contributed by atoms with Gasteiger partial charge in [-0.2, -0.15) is 0 Å². The number of alkyl halides is 1. The molecule has 2 aromatic carbocycles. The van der Waals surface area contributed by atoms with Gasteiger partial charge in [0.2, 0.25) is 0 Å². The second kappa shape index (κ2) is 11.6. The molecule has 194 valence electrons. The van der Waals surface area contributed by atoms with Crippen molar-refractivity contribution in [2.24, 2.45) is 5.92 Å². The van der Waals surface area contributed by atoms with Crippen molar-refractivity contribution in [2.75, 3.05) is 26.7 Å². The number of carbonyl (C=O) groups excluding carboxylic acids is 1. The molecule has 0 unspecified atom stereocenters. The number of amides is 1. The van der Waals surface area contributed by atoms with Gasteiger partial charge in [-0.1, -0.05) is 43.7 Å². The molecule has 5 heteroatoms. The molecule has 4 rings (SSSR count). The lowest BCUT2D eigenvalue weighted by Crippen LogP contribution is -2.41. The molecule has 0 saturated carbocycles. The van der Waals surface area contributed by atoms with E-state index < -0.39 is 5.67 Å². The number of halogens is 1. The Bertz CT molecular complexity index is 1150. The largest absolute Gasteiger partial charge is 0.355 e. The van der Waals surface area contributed by atoms with Crippen LogP contribution in [0.4, 0.5) is 4.39 Å². The van der Waals surface area contributed by atoms with E-state index in [-0.39, 0.29) is 5.91 Å². The SMILES string of the molecule is CCCCc1c(Cc2ccc(C(=O)NC)cc2)c2ccccc2n1CC1CCN(CC(C)(C)F)CC1. The summed E-state index contributed by atoms with van der Waals surface area (Å²) in [6, 6.07) is 16.8. The van der Waals surface area contributed by atoms with Crippen LogP contribution < -0.4 is 5.32 Å². The Balaban J connectivity index is 1.60. The minimum atomic E-state index is -1.13. The van der Waals surface area contributed by atoms with Crippen LogP contribution in [0.2, 0.25) is 0 Å². The van der Waals surface area contributed by atoms with Gasteiger partial charge in [0, 0.05) is 42.3 Å². The molecule has 1 aromatic heterocycles. The van der Waals surface area contributed by atoms with Crippen molar-refractivity contribution in [3.05, 3.63) is 70.9 Å². The van der Waals surface area contributed by atoms with Crippen molar-refractivity contribution in [3.63, 3.8) is 0 Å². The minimum absolute atomic E-state index is 0.0529. The molecular weight excluding hydrogens is 449 g/mol. The smallest absolute Gasteiger partial charge is 0.251 e. The zero-order valence-corrected chi connectivity index (χ0v) is 22.4.